The van der Waals surface area contributed by atoms with E-state index in [0.717, 1.165) is 40.9 Å². The van der Waals surface area contributed by atoms with E-state index in [1.54, 1.807) is 0 Å². The zero-order valence-electron chi connectivity index (χ0n) is 30.0. The van der Waals surface area contributed by atoms with Crippen LogP contribution in [0.5, 0.6) is 0 Å². The predicted molar refractivity (Wildman–Crippen MR) is 203 cm³/mol. The van der Waals surface area contributed by atoms with Crippen molar-refractivity contribution < 1.29 is 28.9 Å². The van der Waals surface area contributed by atoms with Gasteiger partial charge >= 0.3 is 12.0 Å². The van der Waals surface area contributed by atoms with Crippen LogP contribution >= 0.6 is 0 Å². The summed E-state index contributed by atoms with van der Waals surface area (Å²) in [5.74, 6) is -0.509. The Bertz CT molecular complexity index is 1820. The van der Waals surface area contributed by atoms with Gasteiger partial charge in [-0.3, -0.25) is 4.90 Å². The Labute approximate surface area is 311 Å². The molecule has 6 rings (SSSR count). The molecule has 0 radical (unpaired) electrons. The molecule has 0 aliphatic carbocycles. The van der Waals surface area contributed by atoms with Crippen molar-refractivity contribution in [2.24, 2.45) is 0 Å². The van der Waals surface area contributed by atoms with E-state index in [9.17, 15) is 14.7 Å². The number of aliphatic hydroxyl groups excluding tert-OH is 1. The highest BCUT2D eigenvalue weighted by atomic mass is 16.7. The first-order chi connectivity index (χ1) is 25.9. The summed E-state index contributed by atoms with van der Waals surface area (Å²) in [6, 6.07) is 44.9. The Morgan fingerprint density at radius 3 is 1.83 bits per heavy atom. The number of carbonyl (C=O) groups excluding carboxylic acids is 2. The van der Waals surface area contributed by atoms with E-state index in [1.165, 1.54) is 18.2 Å². The summed E-state index contributed by atoms with van der Waals surface area (Å²) < 4.78 is 18.3. The number of carbonyl (C=O) groups is 2. The molecular formula is C44H47N3O6. The Balaban J connectivity index is 1.14. The molecule has 4 atom stereocenters. The number of hydrogen-bond acceptors (Lipinski definition) is 7. The highest BCUT2D eigenvalue weighted by molar-refractivity contribution is 5.83. The monoisotopic (exact) mass is 713 g/mol. The Kier molecular flexibility index (Phi) is 13.4. The number of esters is 1. The van der Waals surface area contributed by atoms with Gasteiger partial charge in [0.05, 0.1) is 25.9 Å². The fourth-order valence-electron chi connectivity index (χ4n) is 6.56. The first-order valence-corrected chi connectivity index (χ1v) is 18.0. The van der Waals surface area contributed by atoms with Crippen molar-refractivity contribution >= 4 is 12.0 Å². The average Bonchev–Trinajstić information content (AvgIpc) is 3.20. The highest BCUT2D eigenvalue weighted by Crippen LogP contribution is 2.38. The van der Waals surface area contributed by atoms with Crippen molar-refractivity contribution in [1.82, 2.24) is 15.5 Å². The lowest BCUT2D eigenvalue weighted by molar-refractivity contribution is -0.253. The van der Waals surface area contributed by atoms with E-state index in [4.69, 9.17) is 14.2 Å². The van der Waals surface area contributed by atoms with Gasteiger partial charge in [0.2, 0.25) is 0 Å². The molecule has 1 saturated heterocycles. The third-order valence-corrected chi connectivity index (χ3v) is 9.35. The van der Waals surface area contributed by atoms with E-state index in [-0.39, 0.29) is 25.4 Å². The number of rotatable bonds is 15. The molecule has 0 aromatic heterocycles. The van der Waals surface area contributed by atoms with Crippen LogP contribution in [0, 0.1) is 0 Å². The van der Waals surface area contributed by atoms with Crippen molar-refractivity contribution in [3.8, 4) is 0 Å². The number of nitrogens with zero attached hydrogens (tertiary/aromatic N) is 1. The SMILES string of the molecule is COC(=O)[C@H](Cc1ccccc1)NC(=O)NCc1ccc([C@H]2O[C@@H](CN(Cc3ccccc3)Cc3ccccc3)C[C@@H](c3ccc(CO)cc3)O2)cc1. The van der Waals surface area contributed by atoms with Crippen molar-refractivity contribution in [3.05, 3.63) is 178 Å². The molecule has 0 spiro atoms. The minimum atomic E-state index is -0.817. The summed E-state index contributed by atoms with van der Waals surface area (Å²) in [5.41, 5.74) is 7.00. The maximum atomic E-state index is 12.8. The van der Waals surface area contributed by atoms with E-state index >= 15 is 0 Å². The molecule has 3 N–H and O–H groups in total. The normalized spacial score (nSPS) is 17.5. The Hall–Kier alpha value is -5.32. The number of methoxy groups -OCH3 is 1. The summed E-state index contributed by atoms with van der Waals surface area (Å²) in [6.45, 7) is 2.49. The Morgan fingerprint density at radius 2 is 1.26 bits per heavy atom. The molecule has 9 heteroatoms. The third kappa shape index (κ3) is 11.1. The lowest BCUT2D eigenvalue weighted by Gasteiger charge is -2.38. The minimum Gasteiger partial charge on any atom is -0.467 e. The van der Waals surface area contributed by atoms with Gasteiger partial charge in [0.25, 0.3) is 0 Å². The maximum absolute atomic E-state index is 12.8. The number of amides is 2. The molecule has 0 saturated carbocycles. The molecule has 5 aromatic carbocycles. The number of hydrogen-bond donors (Lipinski definition) is 3. The molecule has 0 bridgehead atoms. The van der Waals surface area contributed by atoms with E-state index < -0.39 is 24.3 Å². The first kappa shape index (κ1) is 37.4. The van der Waals surface area contributed by atoms with Gasteiger partial charge in [-0.1, -0.05) is 140 Å². The van der Waals surface area contributed by atoms with Gasteiger partial charge in [-0.2, -0.15) is 0 Å². The van der Waals surface area contributed by atoms with Crippen LogP contribution in [-0.4, -0.2) is 47.8 Å². The number of urea groups is 1. The van der Waals surface area contributed by atoms with Gasteiger partial charge < -0.3 is 30.0 Å². The zero-order chi connectivity index (χ0) is 36.8. The largest absolute Gasteiger partial charge is 0.467 e. The molecule has 53 heavy (non-hydrogen) atoms. The van der Waals surface area contributed by atoms with Gasteiger partial charge in [0, 0.05) is 44.6 Å². The lowest BCUT2D eigenvalue weighted by atomic mass is 9.99. The topological polar surface area (TPSA) is 109 Å². The van der Waals surface area contributed by atoms with Crippen LogP contribution in [0.2, 0.25) is 0 Å². The number of ether oxygens (including phenoxy) is 3. The van der Waals surface area contributed by atoms with E-state index in [1.807, 2.05) is 91.0 Å². The third-order valence-electron chi connectivity index (χ3n) is 9.35. The zero-order valence-corrected chi connectivity index (χ0v) is 30.0. The van der Waals surface area contributed by atoms with E-state index in [0.29, 0.717) is 19.4 Å². The van der Waals surface area contributed by atoms with Crippen LogP contribution in [0.1, 0.15) is 57.8 Å². The van der Waals surface area contributed by atoms with Crippen LogP contribution in [0.4, 0.5) is 4.79 Å². The molecule has 2 amide bonds. The maximum Gasteiger partial charge on any atom is 0.328 e. The molecule has 5 aromatic rings. The second kappa shape index (κ2) is 19.0. The fourth-order valence-corrected chi connectivity index (χ4v) is 6.56. The molecule has 1 aliphatic rings. The van der Waals surface area contributed by atoms with Gasteiger partial charge in [0.1, 0.15) is 6.04 Å². The van der Waals surface area contributed by atoms with Crippen molar-refractivity contribution in [2.75, 3.05) is 13.7 Å². The van der Waals surface area contributed by atoms with Crippen molar-refractivity contribution in [2.45, 2.75) is 63.6 Å². The smallest absolute Gasteiger partial charge is 0.328 e. The van der Waals surface area contributed by atoms with Crippen molar-refractivity contribution in [1.29, 1.82) is 0 Å². The average molecular weight is 714 g/mol. The van der Waals surface area contributed by atoms with Crippen LogP contribution in [0.15, 0.2) is 140 Å². The molecule has 9 nitrogen and oxygen atoms in total. The van der Waals surface area contributed by atoms with Gasteiger partial charge in [0.15, 0.2) is 6.29 Å². The van der Waals surface area contributed by atoms with Crippen LogP contribution < -0.4 is 10.6 Å². The number of nitrogens with one attached hydrogen (secondary N) is 2. The van der Waals surface area contributed by atoms with E-state index in [2.05, 4.69) is 64.1 Å². The molecule has 1 fully saturated rings. The standard InChI is InChI=1S/C44H47N3O6/c1-51-42(49)40(25-32-11-5-2-6-12-32)46-44(50)45-27-33-17-23-38(24-18-33)43-52-39(26-41(53-43)37-21-19-36(31-48)20-22-37)30-47(28-34-13-7-3-8-14-34)29-35-15-9-4-10-16-35/h2-24,39-41,43,48H,25-31H2,1H3,(H2,45,46,50)/t39-,40+,41+,43+/m1/s1. The highest BCUT2D eigenvalue weighted by Gasteiger charge is 2.33. The summed E-state index contributed by atoms with van der Waals surface area (Å²) in [6.07, 6.45) is 0.0256. The first-order valence-electron chi connectivity index (χ1n) is 18.0. The lowest BCUT2D eigenvalue weighted by Crippen LogP contribution is -2.47. The summed E-state index contributed by atoms with van der Waals surface area (Å²) in [4.78, 5) is 27.7. The molecule has 274 valence electrons. The van der Waals surface area contributed by atoms with Crippen molar-refractivity contribution in [3.63, 3.8) is 0 Å². The number of aliphatic hydroxyl groups is 1. The predicted octanol–water partition coefficient (Wildman–Crippen LogP) is 7.01. The summed E-state index contributed by atoms with van der Waals surface area (Å²) in [5, 5.41) is 15.2. The fraction of sp³-hybridized carbons (Fsp3) is 0.273. The second-order valence-electron chi connectivity index (χ2n) is 13.3. The quantitative estimate of drug-likeness (QED) is 0.100. The van der Waals surface area contributed by atoms with Gasteiger partial charge in [-0.05, 0) is 33.4 Å². The second-order valence-corrected chi connectivity index (χ2v) is 13.3. The number of benzene rings is 5. The van der Waals surface area contributed by atoms with Gasteiger partial charge in [-0.25, -0.2) is 9.59 Å². The minimum absolute atomic E-state index is 0.0174. The van der Waals surface area contributed by atoms with Crippen LogP contribution in [-0.2, 0) is 51.7 Å². The van der Waals surface area contributed by atoms with Crippen LogP contribution in [0.25, 0.3) is 0 Å². The molecule has 1 aliphatic heterocycles. The summed E-state index contributed by atoms with van der Waals surface area (Å²) in [7, 11) is 1.31. The summed E-state index contributed by atoms with van der Waals surface area (Å²) >= 11 is 0. The van der Waals surface area contributed by atoms with Gasteiger partial charge in [-0.15, -0.1) is 0 Å². The molecule has 1 heterocycles. The van der Waals surface area contributed by atoms with Crippen LogP contribution in [0.3, 0.4) is 0 Å². The molecular weight excluding hydrogens is 666 g/mol. The molecule has 0 unspecified atom stereocenters. The Morgan fingerprint density at radius 1 is 0.717 bits per heavy atom.